The number of carbonyl (C=O) groups excluding carboxylic acids is 1. The minimum atomic E-state index is -0.857. The Balaban J connectivity index is 2.05. The van der Waals surface area contributed by atoms with Crippen molar-refractivity contribution in [3.63, 3.8) is 0 Å². The van der Waals surface area contributed by atoms with E-state index in [4.69, 9.17) is 5.11 Å². The smallest absolute Gasteiger partial charge is 0.315 e. The van der Waals surface area contributed by atoms with Gasteiger partial charge in [-0.2, -0.15) is 0 Å². The number of aromatic nitrogens is 1. The molecule has 0 spiro atoms. The van der Waals surface area contributed by atoms with Crippen molar-refractivity contribution < 1.29 is 14.7 Å². The summed E-state index contributed by atoms with van der Waals surface area (Å²) in [5.41, 5.74) is 2.51. The molecular weight excluding hydrogens is 230 g/mol. The molecule has 0 atom stereocenters. The summed E-state index contributed by atoms with van der Waals surface area (Å²) >= 11 is 1.47. The molecule has 16 heavy (non-hydrogen) atoms. The van der Waals surface area contributed by atoms with Crippen molar-refractivity contribution in [1.82, 2.24) is 15.6 Å². The molecule has 0 unspecified atom stereocenters. The first-order valence-corrected chi connectivity index (χ1v) is 5.73. The molecule has 0 bridgehead atoms. The molecule has 2 amide bonds. The minimum absolute atomic E-state index is 0.0619. The number of carbonyl (C=O) groups is 2. The number of nitrogens with zero attached hydrogens (tertiary/aromatic N) is 1. The van der Waals surface area contributed by atoms with Gasteiger partial charge in [0.1, 0.15) is 0 Å². The SMILES string of the molecule is O=C(O)CCCNC(=O)NCc1cscn1. The predicted molar refractivity (Wildman–Crippen MR) is 59.2 cm³/mol. The topological polar surface area (TPSA) is 91.3 Å². The standard InChI is InChI=1S/C9H13N3O3S/c13-8(14)2-1-3-10-9(15)11-4-7-5-16-6-12-7/h5-6H,1-4H2,(H,13,14)(H2,10,11,15). The Hall–Kier alpha value is -1.63. The second kappa shape index (κ2) is 6.78. The molecule has 1 heterocycles. The molecule has 1 aromatic rings. The third-order valence-electron chi connectivity index (χ3n) is 1.77. The fourth-order valence-corrected chi connectivity index (χ4v) is 1.56. The van der Waals surface area contributed by atoms with Gasteiger partial charge in [-0.15, -0.1) is 11.3 Å². The first kappa shape index (κ1) is 12.4. The third kappa shape index (κ3) is 5.30. The molecule has 6 nitrogen and oxygen atoms in total. The Bertz CT molecular complexity index is 340. The lowest BCUT2D eigenvalue weighted by atomic mass is 10.3. The molecule has 88 valence electrons. The molecule has 0 aliphatic carbocycles. The van der Waals surface area contributed by atoms with Crippen molar-refractivity contribution in [2.75, 3.05) is 6.54 Å². The van der Waals surface area contributed by atoms with Gasteiger partial charge >= 0.3 is 12.0 Å². The Morgan fingerprint density at radius 1 is 1.44 bits per heavy atom. The van der Waals surface area contributed by atoms with Crippen molar-refractivity contribution in [3.05, 3.63) is 16.6 Å². The Kier molecular flexibility index (Phi) is 5.27. The molecule has 0 saturated heterocycles. The van der Waals surface area contributed by atoms with Crippen LogP contribution < -0.4 is 10.6 Å². The molecule has 0 aliphatic rings. The van der Waals surface area contributed by atoms with E-state index in [1.807, 2.05) is 5.38 Å². The summed E-state index contributed by atoms with van der Waals surface area (Å²) in [6.45, 7) is 0.740. The average Bonchev–Trinajstić information content (AvgIpc) is 2.74. The van der Waals surface area contributed by atoms with E-state index in [0.717, 1.165) is 5.69 Å². The van der Waals surface area contributed by atoms with Crippen molar-refractivity contribution in [3.8, 4) is 0 Å². The normalized spacial score (nSPS) is 9.75. The Labute approximate surface area is 96.7 Å². The fraction of sp³-hybridized carbons (Fsp3) is 0.444. The van der Waals surface area contributed by atoms with Crippen LogP contribution >= 0.6 is 11.3 Å². The molecule has 0 aromatic carbocycles. The number of rotatable bonds is 6. The summed E-state index contributed by atoms with van der Waals surface area (Å²) in [4.78, 5) is 25.4. The maximum absolute atomic E-state index is 11.2. The highest BCUT2D eigenvalue weighted by molar-refractivity contribution is 7.07. The van der Waals surface area contributed by atoms with Gasteiger partial charge in [0.05, 0.1) is 17.7 Å². The summed E-state index contributed by atoms with van der Waals surface area (Å²) in [6.07, 6.45) is 0.492. The van der Waals surface area contributed by atoms with Crippen LogP contribution in [0.15, 0.2) is 10.9 Å². The number of thiazole rings is 1. The summed E-state index contributed by atoms with van der Waals surface area (Å²) in [6, 6.07) is -0.307. The van der Waals surface area contributed by atoms with E-state index in [1.165, 1.54) is 11.3 Å². The lowest BCUT2D eigenvalue weighted by molar-refractivity contribution is -0.137. The molecule has 0 aliphatic heterocycles. The van der Waals surface area contributed by atoms with Gasteiger partial charge in [0.15, 0.2) is 0 Å². The van der Waals surface area contributed by atoms with Gasteiger partial charge in [-0.3, -0.25) is 4.79 Å². The highest BCUT2D eigenvalue weighted by atomic mass is 32.1. The van der Waals surface area contributed by atoms with Crippen molar-refractivity contribution in [1.29, 1.82) is 0 Å². The van der Waals surface area contributed by atoms with Gasteiger partial charge in [0.25, 0.3) is 0 Å². The van der Waals surface area contributed by atoms with Gasteiger partial charge < -0.3 is 15.7 Å². The van der Waals surface area contributed by atoms with Crippen LogP contribution in [0.1, 0.15) is 18.5 Å². The van der Waals surface area contributed by atoms with E-state index in [1.54, 1.807) is 5.51 Å². The van der Waals surface area contributed by atoms with E-state index in [9.17, 15) is 9.59 Å². The average molecular weight is 243 g/mol. The first-order valence-electron chi connectivity index (χ1n) is 4.79. The van der Waals surface area contributed by atoms with E-state index in [-0.39, 0.29) is 12.5 Å². The Morgan fingerprint density at radius 3 is 2.88 bits per heavy atom. The highest BCUT2D eigenvalue weighted by Gasteiger charge is 2.01. The van der Waals surface area contributed by atoms with Crippen LogP contribution in [0.5, 0.6) is 0 Å². The fourth-order valence-electron chi connectivity index (χ4n) is 1.000. The van der Waals surface area contributed by atoms with Crippen LogP contribution in [0.25, 0.3) is 0 Å². The molecule has 1 rings (SSSR count). The van der Waals surface area contributed by atoms with Gasteiger partial charge in [0, 0.05) is 18.3 Å². The van der Waals surface area contributed by atoms with Gasteiger partial charge in [-0.1, -0.05) is 0 Å². The van der Waals surface area contributed by atoms with Gasteiger partial charge in [-0.25, -0.2) is 9.78 Å². The molecule has 1 aromatic heterocycles. The second-order valence-corrected chi connectivity index (χ2v) is 3.81. The van der Waals surface area contributed by atoms with Crippen molar-refractivity contribution >= 4 is 23.3 Å². The number of carboxylic acids is 1. The monoisotopic (exact) mass is 243 g/mol. The molecule has 0 radical (unpaired) electrons. The molecule has 3 N–H and O–H groups in total. The molecule has 0 saturated carbocycles. The number of amides is 2. The van der Waals surface area contributed by atoms with Crippen LogP contribution in [0, 0.1) is 0 Å². The zero-order valence-electron chi connectivity index (χ0n) is 8.60. The maximum Gasteiger partial charge on any atom is 0.315 e. The summed E-state index contributed by atoms with van der Waals surface area (Å²) in [7, 11) is 0. The lowest BCUT2D eigenvalue weighted by Gasteiger charge is -2.05. The zero-order valence-corrected chi connectivity index (χ0v) is 9.42. The number of urea groups is 1. The number of hydrogen-bond donors (Lipinski definition) is 3. The van der Waals surface area contributed by atoms with Crippen LogP contribution in [0.3, 0.4) is 0 Å². The predicted octanol–water partition coefficient (Wildman–Crippen LogP) is 0.807. The largest absolute Gasteiger partial charge is 0.481 e. The number of carboxylic acid groups (broad SMARTS) is 1. The van der Waals surface area contributed by atoms with E-state index >= 15 is 0 Å². The minimum Gasteiger partial charge on any atom is -0.481 e. The first-order chi connectivity index (χ1) is 7.68. The van der Waals surface area contributed by atoms with Crippen molar-refractivity contribution in [2.24, 2.45) is 0 Å². The van der Waals surface area contributed by atoms with Crippen LogP contribution in [-0.4, -0.2) is 28.6 Å². The van der Waals surface area contributed by atoms with Crippen LogP contribution in [0.2, 0.25) is 0 Å². The number of aliphatic carboxylic acids is 1. The van der Waals surface area contributed by atoms with E-state index in [2.05, 4.69) is 15.6 Å². The summed E-state index contributed by atoms with van der Waals surface area (Å²) in [5.74, 6) is -0.857. The second-order valence-electron chi connectivity index (χ2n) is 3.09. The highest BCUT2D eigenvalue weighted by Crippen LogP contribution is 1.99. The number of hydrogen-bond acceptors (Lipinski definition) is 4. The van der Waals surface area contributed by atoms with Gasteiger partial charge in [-0.05, 0) is 6.42 Å². The van der Waals surface area contributed by atoms with Crippen LogP contribution in [-0.2, 0) is 11.3 Å². The maximum atomic E-state index is 11.2. The van der Waals surface area contributed by atoms with Crippen molar-refractivity contribution in [2.45, 2.75) is 19.4 Å². The number of nitrogens with one attached hydrogen (secondary N) is 2. The van der Waals surface area contributed by atoms with E-state index in [0.29, 0.717) is 19.5 Å². The summed E-state index contributed by atoms with van der Waals surface area (Å²) in [5, 5.41) is 15.4. The van der Waals surface area contributed by atoms with Gasteiger partial charge in [0.2, 0.25) is 0 Å². The summed E-state index contributed by atoms with van der Waals surface area (Å²) < 4.78 is 0. The third-order valence-corrected chi connectivity index (χ3v) is 2.40. The quantitative estimate of drug-likeness (QED) is 0.645. The Morgan fingerprint density at radius 2 is 2.25 bits per heavy atom. The molecular formula is C9H13N3O3S. The zero-order chi connectivity index (χ0) is 11.8. The molecule has 0 fully saturated rings. The van der Waals surface area contributed by atoms with E-state index < -0.39 is 5.97 Å². The van der Waals surface area contributed by atoms with Crippen LogP contribution in [0.4, 0.5) is 4.79 Å². The lowest BCUT2D eigenvalue weighted by Crippen LogP contribution is -2.35. The molecule has 7 heteroatoms.